The van der Waals surface area contributed by atoms with Crippen molar-refractivity contribution in [3.63, 3.8) is 0 Å². The van der Waals surface area contributed by atoms with Crippen LogP contribution in [0, 0.1) is 6.92 Å². The summed E-state index contributed by atoms with van der Waals surface area (Å²) in [6.45, 7) is 3.82. The summed E-state index contributed by atoms with van der Waals surface area (Å²) in [7, 11) is 1.26. The second kappa shape index (κ2) is 8.74. The Labute approximate surface area is 165 Å². The zero-order chi connectivity index (χ0) is 20.1. The molecule has 7 nitrogen and oxygen atoms in total. The molecule has 0 bridgehead atoms. The number of primary amides is 1. The molecule has 0 saturated heterocycles. The molecule has 0 spiro atoms. The van der Waals surface area contributed by atoms with Gasteiger partial charge in [0.1, 0.15) is 5.00 Å². The smallest absolute Gasteiger partial charge is 0.337 e. The monoisotopic (exact) mass is 405 g/mol. The average Bonchev–Trinajstić information content (AvgIpc) is 2.95. The van der Waals surface area contributed by atoms with Crippen LogP contribution in [-0.4, -0.2) is 30.0 Å². The van der Waals surface area contributed by atoms with Crippen LogP contribution < -0.4 is 16.4 Å². The highest BCUT2D eigenvalue weighted by Gasteiger charge is 2.20. The van der Waals surface area contributed by atoms with E-state index in [1.54, 1.807) is 18.2 Å². The number of nitrogens with two attached hydrogens (primary N) is 1. The lowest BCUT2D eigenvalue weighted by molar-refractivity contribution is 0.0600. The SMILES string of the molecule is CCc1c(C)sc(NC(=S)NC(=O)c2cccc(C(=O)OC)c2)c1C(N)=O. The minimum Gasteiger partial charge on any atom is -0.465 e. The van der Waals surface area contributed by atoms with Crippen molar-refractivity contribution in [1.82, 2.24) is 5.32 Å². The van der Waals surface area contributed by atoms with Crippen molar-refractivity contribution >= 4 is 51.5 Å². The number of methoxy groups -OCH3 is 1. The van der Waals surface area contributed by atoms with Crippen molar-refractivity contribution < 1.29 is 19.1 Å². The van der Waals surface area contributed by atoms with Crippen molar-refractivity contribution in [2.75, 3.05) is 12.4 Å². The van der Waals surface area contributed by atoms with E-state index in [1.165, 1.54) is 24.5 Å². The molecule has 142 valence electrons. The number of carbonyl (C=O) groups excluding carboxylic acids is 3. The van der Waals surface area contributed by atoms with E-state index in [1.807, 2.05) is 13.8 Å². The molecule has 4 N–H and O–H groups in total. The number of aryl methyl sites for hydroxylation is 1. The number of thiocarbonyl (C=S) groups is 1. The lowest BCUT2D eigenvalue weighted by atomic mass is 10.1. The van der Waals surface area contributed by atoms with Gasteiger partial charge in [0.15, 0.2) is 5.11 Å². The molecule has 1 heterocycles. The molecule has 1 aromatic carbocycles. The molecule has 27 heavy (non-hydrogen) atoms. The van der Waals surface area contributed by atoms with E-state index in [9.17, 15) is 14.4 Å². The third kappa shape index (κ3) is 4.69. The second-order valence-corrected chi connectivity index (χ2v) is 7.17. The summed E-state index contributed by atoms with van der Waals surface area (Å²) >= 11 is 6.52. The number of hydrogen-bond donors (Lipinski definition) is 3. The Balaban J connectivity index is 2.16. The Morgan fingerprint density at radius 1 is 1.26 bits per heavy atom. The summed E-state index contributed by atoms with van der Waals surface area (Å²) in [6.07, 6.45) is 0.654. The molecule has 2 aromatic rings. The maximum atomic E-state index is 12.4. The van der Waals surface area contributed by atoms with Gasteiger partial charge in [0, 0.05) is 10.4 Å². The number of rotatable bonds is 5. The summed E-state index contributed by atoms with van der Waals surface area (Å²) in [5.74, 6) is -1.60. The van der Waals surface area contributed by atoms with E-state index in [4.69, 9.17) is 18.0 Å². The van der Waals surface area contributed by atoms with Gasteiger partial charge in [-0.25, -0.2) is 4.79 Å². The van der Waals surface area contributed by atoms with Crippen LogP contribution in [0.4, 0.5) is 5.00 Å². The third-order valence-corrected chi connectivity index (χ3v) is 5.08. The van der Waals surface area contributed by atoms with Crippen LogP contribution in [0.5, 0.6) is 0 Å². The fourth-order valence-electron chi connectivity index (χ4n) is 2.57. The Bertz CT molecular complexity index is 921. The van der Waals surface area contributed by atoms with Crippen LogP contribution >= 0.6 is 23.6 Å². The maximum absolute atomic E-state index is 12.4. The van der Waals surface area contributed by atoms with Gasteiger partial charge in [-0.2, -0.15) is 0 Å². The lowest BCUT2D eigenvalue weighted by Crippen LogP contribution is -2.34. The average molecular weight is 406 g/mol. The summed E-state index contributed by atoms with van der Waals surface area (Å²) in [5, 5.41) is 5.90. The predicted octanol–water partition coefficient (Wildman–Crippen LogP) is 2.63. The van der Waals surface area contributed by atoms with Gasteiger partial charge in [-0.15, -0.1) is 11.3 Å². The van der Waals surface area contributed by atoms with Crippen LogP contribution in [0.2, 0.25) is 0 Å². The highest BCUT2D eigenvalue weighted by Crippen LogP contribution is 2.33. The zero-order valence-electron chi connectivity index (χ0n) is 15.0. The third-order valence-electron chi connectivity index (χ3n) is 3.81. The van der Waals surface area contributed by atoms with Crippen LogP contribution in [0.15, 0.2) is 24.3 Å². The Kier molecular flexibility index (Phi) is 6.65. The van der Waals surface area contributed by atoms with E-state index >= 15 is 0 Å². The van der Waals surface area contributed by atoms with Gasteiger partial charge in [0.2, 0.25) is 0 Å². The van der Waals surface area contributed by atoms with Gasteiger partial charge in [-0.1, -0.05) is 13.0 Å². The largest absolute Gasteiger partial charge is 0.465 e. The number of anilines is 1. The second-order valence-electron chi connectivity index (χ2n) is 5.54. The molecule has 0 radical (unpaired) electrons. The Morgan fingerprint density at radius 2 is 1.93 bits per heavy atom. The highest BCUT2D eigenvalue weighted by atomic mass is 32.1. The van der Waals surface area contributed by atoms with E-state index in [0.29, 0.717) is 17.0 Å². The highest BCUT2D eigenvalue weighted by molar-refractivity contribution is 7.80. The van der Waals surface area contributed by atoms with Gasteiger partial charge in [-0.05, 0) is 49.3 Å². The number of benzene rings is 1. The molecular formula is C18H19N3O4S2. The van der Waals surface area contributed by atoms with Gasteiger partial charge >= 0.3 is 5.97 Å². The predicted molar refractivity (Wildman–Crippen MR) is 108 cm³/mol. The van der Waals surface area contributed by atoms with E-state index < -0.39 is 17.8 Å². The first-order chi connectivity index (χ1) is 12.8. The first-order valence-corrected chi connectivity index (χ1v) is 9.23. The molecule has 2 amide bonds. The normalized spacial score (nSPS) is 10.2. The molecule has 2 rings (SSSR count). The number of ether oxygens (including phenoxy) is 1. The quantitative estimate of drug-likeness (QED) is 0.521. The standard InChI is InChI=1S/C18H19N3O4S2/c1-4-12-9(2)27-16(13(12)14(19)22)21-18(26)20-15(23)10-6-5-7-11(8-10)17(24)25-3/h5-8H,4H2,1-3H3,(H2,19,22)(H2,20,21,23,26). The van der Waals surface area contributed by atoms with Crippen molar-refractivity contribution in [2.24, 2.45) is 5.73 Å². The Hall–Kier alpha value is -2.78. The van der Waals surface area contributed by atoms with E-state index in [-0.39, 0.29) is 16.2 Å². The first kappa shape index (κ1) is 20.5. The Morgan fingerprint density at radius 3 is 2.52 bits per heavy atom. The fourth-order valence-corrected chi connectivity index (χ4v) is 3.98. The minimum atomic E-state index is -0.557. The van der Waals surface area contributed by atoms with Crippen molar-refractivity contribution in [3.8, 4) is 0 Å². The molecule has 0 saturated carbocycles. The maximum Gasteiger partial charge on any atom is 0.337 e. The first-order valence-electron chi connectivity index (χ1n) is 8.01. The molecular weight excluding hydrogens is 386 g/mol. The minimum absolute atomic E-state index is 0.0230. The molecule has 0 atom stereocenters. The number of thiophene rings is 1. The molecule has 0 unspecified atom stereocenters. The number of carbonyl (C=O) groups is 3. The van der Waals surface area contributed by atoms with Crippen LogP contribution in [-0.2, 0) is 11.2 Å². The molecule has 9 heteroatoms. The molecule has 0 aliphatic rings. The van der Waals surface area contributed by atoms with Gasteiger partial charge in [-0.3, -0.25) is 14.9 Å². The van der Waals surface area contributed by atoms with Crippen molar-refractivity contribution in [2.45, 2.75) is 20.3 Å². The molecule has 0 aliphatic carbocycles. The molecule has 0 aliphatic heterocycles. The molecule has 0 fully saturated rings. The van der Waals surface area contributed by atoms with Gasteiger partial charge in [0.25, 0.3) is 11.8 Å². The fraction of sp³-hybridized carbons (Fsp3) is 0.222. The summed E-state index contributed by atoms with van der Waals surface area (Å²) < 4.78 is 4.64. The van der Waals surface area contributed by atoms with E-state index in [2.05, 4.69) is 15.4 Å². The van der Waals surface area contributed by atoms with Crippen LogP contribution in [0.25, 0.3) is 0 Å². The van der Waals surface area contributed by atoms with Crippen LogP contribution in [0.1, 0.15) is 48.4 Å². The lowest BCUT2D eigenvalue weighted by Gasteiger charge is -2.10. The summed E-state index contributed by atoms with van der Waals surface area (Å²) in [6, 6.07) is 6.06. The molecule has 1 aromatic heterocycles. The zero-order valence-corrected chi connectivity index (χ0v) is 16.7. The number of amides is 2. The topological polar surface area (TPSA) is 111 Å². The number of nitrogens with one attached hydrogen (secondary N) is 2. The van der Waals surface area contributed by atoms with Gasteiger partial charge in [0.05, 0.1) is 18.2 Å². The van der Waals surface area contributed by atoms with Gasteiger partial charge < -0.3 is 15.8 Å². The number of esters is 1. The number of hydrogen-bond acceptors (Lipinski definition) is 6. The summed E-state index contributed by atoms with van der Waals surface area (Å²) in [4.78, 5) is 36.7. The summed E-state index contributed by atoms with van der Waals surface area (Å²) in [5.41, 5.74) is 7.21. The van der Waals surface area contributed by atoms with Crippen molar-refractivity contribution in [3.05, 3.63) is 51.4 Å². The van der Waals surface area contributed by atoms with Crippen LogP contribution in [0.3, 0.4) is 0 Å². The van der Waals surface area contributed by atoms with Crippen molar-refractivity contribution in [1.29, 1.82) is 0 Å². The van der Waals surface area contributed by atoms with E-state index in [0.717, 1.165) is 10.4 Å².